The van der Waals surface area contributed by atoms with Gasteiger partial charge in [-0.05, 0) is 25.7 Å². The number of nitrogens with two attached hydrogens (primary N) is 1. The molecule has 5 heteroatoms. The number of hydrogen-bond donors (Lipinski definition) is 2. The molecule has 1 saturated carbocycles. The molecule has 0 bridgehead atoms. The number of nitrogens with one attached hydrogen (secondary N) is 1. The minimum atomic E-state index is -0.0210. The van der Waals surface area contributed by atoms with Crippen LogP contribution in [0.1, 0.15) is 25.7 Å². The second kappa shape index (κ2) is 5.61. The summed E-state index contributed by atoms with van der Waals surface area (Å²) in [7, 11) is 0. The topological polar surface area (TPSA) is 73.6 Å². The molecule has 3 N–H and O–H groups in total. The molecule has 1 amide bonds. The van der Waals surface area contributed by atoms with E-state index >= 15 is 0 Å². The first kappa shape index (κ1) is 11.8. The normalized spacial score (nSPS) is 30.8. The predicted octanol–water partition coefficient (Wildman–Crippen LogP) is -0.212. The Labute approximate surface area is 95.7 Å². The quantitative estimate of drug-likeness (QED) is 0.698. The Bertz CT molecular complexity index is 235. The summed E-state index contributed by atoms with van der Waals surface area (Å²) in [6.07, 6.45) is 3.75. The standard InChI is InChI=1S/C11H20N2O3/c12-8-5-10(6-8)16-7-11(14)13-9-1-3-15-4-2-9/h8-10H,1-7,12H2,(H,13,14). The first-order chi connectivity index (χ1) is 7.74. The molecular weight excluding hydrogens is 208 g/mol. The van der Waals surface area contributed by atoms with Crippen LogP contribution in [-0.4, -0.2) is 43.9 Å². The summed E-state index contributed by atoms with van der Waals surface area (Å²) in [5, 5.41) is 2.96. The van der Waals surface area contributed by atoms with Gasteiger partial charge in [-0.25, -0.2) is 0 Å². The number of rotatable bonds is 4. The van der Waals surface area contributed by atoms with Crippen molar-refractivity contribution in [2.24, 2.45) is 5.73 Å². The Morgan fingerprint density at radius 1 is 1.38 bits per heavy atom. The van der Waals surface area contributed by atoms with Crippen LogP contribution in [0.15, 0.2) is 0 Å². The van der Waals surface area contributed by atoms with Crippen molar-refractivity contribution in [1.82, 2.24) is 5.32 Å². The third-order valence-corrected chi connectivity index (χ3v) is 3.17. The van der Waals surface area contributed by atoms with E-state index in [1.165, 1.54) is 0 Å². The van der Waals surface area contributed by atoms with Crippen LogP contribution in [0.25, 0.3) is 0 Å². The van der Waals surface area contributed by atoms with Crippen LogP contribution in [0, 0.1) is 0 Å². The third-order valence-electron chi connectivity index (χ3n) is 3.17. The average molecular weight is 228 g/mol. The first-order valence-corrected chi connectivity index (χ1v) is 5.98. The number of carbonyl (C=O) groups is 1. The lowest BCUT2D eigenvalue weighted by molar-refractivity contribution is -0.131. The minimum Gasteiger partial charge on any atom is -0.381 e. The van der Waals surface area contributed by atoms with Crippen LogP contribution >= 0.6 is 0 Å². The maximum absolute atomic E-state index is 11.5. The van der Waals surface area contributed by atoms with Gasteiger partial charge in [0.1, 0.15) is 6.61 Å². The van der Waals surface area contributed by atoms with Gasteiger partial charge >= 0.3 is 0 Å². The highest BCUT2D eigenvalue weighted by Gasteiger charge is 2.27. The maximum Gasteiger partial charge on any atom is 0.246 e. The number of amides is 1. The maximum atomic E-state index is 11.5. The van der Waals surface area contributed by atoms with E-state index in [0.29, 0.717) is 0 Å². The number of carbonyl (C=O) groups excluding carboxylic acids is 1. The Morgan fingerprint density at radius 3 is 2.69 bits per heavy atom. The molecule has 1 aliphatic carbocycles. The SMILES string of the molecule is NC1CC(OCC(=O)NC2CCOCC2)C1. The minimum absolute atomic E-state index is 0.0210. The van der Waals surface area contributed by atoms with Crippen LogP contribution in [0.4, 0.5) is 0 Å². The second-order valence-corrected chi connectivity index (χ2v) is 4.62. The van der Waals surface area contributed by atoms with Gasteiger partial charge in [-0.3, -0.25) is 4.79 Å². The second-order valence-electron chi connectivity index (χ2n) is 4.62. The fourth-order valence-electron chi connectivity index (χ4n) is 2.05. The monoisotopic (exact) mass is 228 g/mol. The summed E-state index contributed by atoms with van der Waals surface area (Å²) < 4.78 is 10.6. The molecule has 0 aromatic heterocycles. The van der Waals surface area contributed by atoms with Gasteiger partial charge < -0.3 is 20.5 Å². The number of hydrogen-bond acceptors (Lipinski definition) is 4. The van der Waals surface area contributed by atoms with Crippen molar-refractivity contribution < 1.29 is 14.3 Å². The molecular formula is C11H20N2O3. The summed E-state index contributed by atoms with van der Waals surface area (Å²) in [6.45, 7) is 1.64. The van der Waals surface area contributed by atoms with Crippen molar-refractivity contribution in [3.63, 3.8) is 0 Å². The molecule has 0 unspecified atom stereocenters. The lowest BCUT2D eigenvalue weighted by Gasteiger charge is -2.32. The van der Waals surface area contributed by atoms with Crippen molar-refractivity contribution in [2.45, 2.75) is 43.9 Å². The van der Waals surface area contributed by atoms with Crippen molar-refractivity contribution in [1.29, 1.82) is 0 Å². The highest BCUT2D eigenvalue weighted by molar-refractivity contribution is 5.77. The zero-order chi connectivity index (χ0) is 11.4. The van der Waals surface area contributed by atoms with Gasteiger partial charge in [0.2, 0.25) is 5.91 Å². The molecule has 16 heavy (non-hydrogen) atoms. The molecule has 0 aromatic rings. The van der Waals surface area contributed by atoms with Crippen molar-refractivity contribution in [3.05, 3.63) is 0 Å². The van der Waals surface area contributed by atoms with Crippen LogP contribution in [0.2, 0.25) is 0 Å². The van der Waals surface area contributed by atoms with Gasteiger partial charge in [-0.15, -0.1) is 0 Å². The molecule has 1 aliphatic heterocycles. The fraction of sp³-hybridized carbons (Fsp3) is 0.909. The highest BCUT2D eigenvalue weighted by Crippen LogP contribution is 2.20. The average Bonchev–Trinajstić information content (AvgIpc) is 2.24. The smallest absolute Gasteiger partial charge is 0.246 e. The van der Waals surface area contributed by atoms with Gasteiger partial charge in [0.25, 0.3) is 0 Å². The highest BCUT2D eigenvalue weighted by atomic mass is 16.5. The molecule has 2 aliphatic rings. The van der Waals surface area contributed by atoms with Gasteiger partial charge in [0, 0.05) is 25.3 Å². The van der Waals surface area contributed by atoms with Gasteiger partial charge in [0.15, 0.2) is 0 Å². The molecule has 1 saturated heterocycles. The van der Waals surface area contributed by atoms with E-state index in [1.54, 1.807) is 0 Å². The molecule has 5 nitrogen and oxygen atoms in total. The largest absolute Gasteiger partial charge is 0.381 e. The first-order valence-electron chi connectivity index (χ1n) is 5.98. The lowest BCUT2D eigenvalue weighted by Crippen LogP contribution is -2.45. The molecule has 0 atom stereocenters. The van der Waals surface area contributed by atoms with Crippen molar-refractivity contribution >= 4 is 5.91 Å². The lowest BCUT2D eigenvalue weighted by atomic mass is 9.90. The Morgan fingerprint density at radius 2 is 2.06 bits per heavy atom. The van der Waals surface area contributed by atoms with E-state index in [1.807, 2.05) is 0 Å². The van der Waals surface area contributed by atoms with Crippen LogP contribution < -0.4 is 11.1 Å². The molecule has 0 radical (unpaired) electrons. The van der Waals surface area contributed by atoms with Crippen molar-refractivity contribution in [2.75, 3.05) is 19.8 Å². The summed E-state index contributed by atoms with van der Waals surface area (Å²) >= 11 is 0. The zero-order valence-corrected chi connectivity index (χ0v) is 9.48. The fourth-order valence-corrected chi connectivity index (χ4v) is 2.05. The van der Waals surface area contributed by atoms with Crippen LogP contribution in [0.3, 0.4) is 0 Å². The van der Waals surface area contributed by atoms with Crippen LogP contribution in [-0.2, 0) is 14.3 Å². The third kappa shape index (κ3) is 3.43. The van der Waals surface area contributed by atoms with Crippen molar-refractivity contribution in [3.8, 4) is 0 Å². The van der Waals surface area contributed by atoms with E-state index in [0.717, 1.165) is 38.9 Å². The summed E-state index contributed by atoms with van der Waals surface area (Å²) in [4.78, 5) is 11.5. The molecule has 2 rings (SSSR count). The van der Waals surface area contributed by atoms with Gasteiger partial charge in [0.05, 0.1) is 6.10 Å². The molecule has 0 aromatic carbocycles. The summed E-state index contributed by atoms with van der Waals surface area (Å²) in [5.41, 5.74) is 5.63. The Hall–Kier alpha value is -0.650. The van der Waals surface area contributed by atoms with E-state index < -0.39 is 0 Å². The van der Waals surface area contributed by atoms with Crippen LogP contribution in [0.5, 0.6) is 0 Å². The number of ether oxygens (including phenoxy) is 2. The Balaban J connectivity index is 1.57. The zero-order valence-electron chi connectivity index (χ0n) is 9.48. The van der Waals surface area contributed by atoms with E-state index in [-0.39, 0.29) is 30.7 Å². The predicted molar refractivity (Wildman–Crippen MR) is 58.9 cm³/mol. The Kier molecular flexibility index (Phi) is 4.15. The van der Waals surface area contributed by atoms with Gasteiger partial charge in [-0.1, -0.05) is 0 Å². The van der Waals surface area contributed by atoms with E-state index in [9.17, 15) is 4.79 Å². The summed E-state index contributed by atoms with van der Waals surface area (Å²) in [6, 6.07) is 0.525. The molecule has 2 fully saturated rings. The summed E-state index contributed by atoms with van der Waals surface area (Å²) in [5.74, 6) is -0.0210. The van der Waals surface area contributed by atoms with E-state index in [2.05, 4.69) is 5.32 Å². The molecule has 0 spiro atoms. The molecule has 92 valence electrons. The van der Waals surface area contributed by atoms with E-state index in [4.69, 9.17) is 15.2 Å². The molecule has 1 heterocycles. The van der Waals surface area contributed by atoms with Gasteiger partial charge in [-0.2, -0.15) is 0 Å².